The largest absolute Gasteiger partial charge is 0.301 e. The highest BCUT2D eigenvalue weighted by Gasteiger charge is 2.29. The van der Waals surface area contributed by atoms with Crippen LogP contribution in [-0.4, -0.2) is 24.0 Å². The maximum absolute atomic E-state index is 8.19. The van der Waals surface area contributed by atoms with Gasteiger partial charge in [-0.05, 0) is 51.1 Å². The minimum Gasteiger partial charge on any atom is -0.301 e. The Morgan fingerprint density at radius 2 is 2.00 bits per heavy atom. The monoisotopic (exact) mass is 185 g/mol. The summed E-state index contributed by atoms with van der Waals surface area (Å²) in [5.41, 5.74) is 0.161. The molecule has 78 valence electrons. The van der Waals surface area contributed by atoms with E-state index in [4.69, 9.17) is 2.74 Å². The van der Waals surface area contributed by atoms with Crippen LogP contribution >= 0.6 is 0 Å². The number of likely N-dealkylation sites (tertiary alicyclic amines) is 1. The SMILES string of the molecule is [2H]C1C([2H])N(C(C)C)CCC1C(C)(C)C. The van der Waals surface area contributed by atoms with Gasteiger partial charge in [-0.25, -0.2) is 0 Å². The van der Waals surface area contributed by atoms with Crippen LogP contribution in [0.3, 0.4) is 0 Å². The van der Waals surface area contributed by atoms with Crippen LogP contribution in [0.1, 0.15) is 50.2 Å². The van der Waals surface area contributed by atoms with Crippen molar-refractivity contribution >= 4 is 0 Å². The van der Waals surface area contributed by atoms with Gasteiger partial charge in [0.15, 0.2) is 0 Å². The molecule has 1 nitrogen and oxygen atoms in total. The van der Waals surface area contributed by atoms with E-state index >= 15 is 0 Å². The van der Waals surface area contributed by atoms with Crippen LogP contribution in [-0.2, 0) is 0 Å². The molecule has 1 saturated heterocycles. The first-order chi connectivity index (χ1) is 6.75. The zero-order valence-corrected chi connectivity index (χ0v) is 9.67. The standard InChI is InChI=1S/C12H25N/c1-10(2)13-8-6-11(7-9-13)12(3,4)5/h10-11H,6-9H2,1-5H3/i6D,8D. The van der Waals surface area contributed by atoms with Gasteiger partial charge in [-0.15, -0.1) is 0 Å². The summed E-state index contributed by atoms with van der Waals surface area (Å²) in [6, 6.07) is 0.390. The molecule has 0 radical (unpaired) electrons. The van der Waals surface area contributed by atoms with Crippen molar-refractivity contribution in [3.63, 3.8) is 0 Å². The second kappa shape index (κ2) is 4.00. The van der Waals surface area contributed by atoms with Crippen LogP contribution in [0, 0.1) is 11.3 Å². The molecule has 0 aromatic carbocycles. The van der Waals surface area contributed by atoms with Gasteiger partial charge in [0.1, 0.15) is 0 Å². The fourth-order valence-corrected chi connectivity index (χ4v) is 1.83. The van der Waals surface area contributed by atoms with Gasteiger partial charge in [0.25, 0.3) is 0 Å². The summed E-state index contributed by atoms with van der Waals surface area (Å²) in [5.74, 6) is 0.356. The molecule has 0 bridgehead atoms. The Hall–Kier alpha value is -0.0400. The molecule has 1 heteroatoms. The first-order valence-corrected chi connectivity index (χ1v) is 5.35. The van der Waals surface area contributed by atoms with E-state index in [1.54, 1.807) is 0 Å². The Balaban J connectivity index is 2.73. The molecule has 0 N–H and O–H groups in total. The molecule has 0 aliphatic carbocycles. The highest BCUT2D eigenvalue weighted by atomic mass is 15.1. The Morgan fingerprint density at radius 1 is 1.38 bits per heavy atom. The van der Waals surface area contributed by atoms with Crippen LogP contribution in [0.5, 0.6) is 0 Å². The topological polar surface area (TPSA) is 3.24 Å². The van der Waals surface area contributed by atoms with E-state index in [1.165, 1.54) is 0 Å². The zero-order valence-electron chi connectivity index (χ0n) is 11.7. The third kappa shape index (κ3) is 2.98. The van der Waals surface area contributed by atoms with E-state index in [-0.39, 0.29) is 18.3 Å². The van der Waals surface area contributed by atoms with Crippen molar-refractivity contribution in [3.8, 4) is 0 Å². The van der Waals surface area contributed by atoms with Crippen molar-refractivity contribution in [1.29, 1.82) is 0 Å². The summed E-state index contributed by atoms with van der Waals surface area (Å²) >= 11 is 0. The van der Waals surface area contributed by atoms with Gasteiger partial charge in [0, 0.05) is 8.78 Å². The van der Waals surface area contributed by atoms with Crippen LogP contribution in [0.25, 0.3) is 0 Å². The lowest BCUT2D eigenvalue weighted by molar-refractivity contribution is 0.0930. The molecule has 1 aliphatic rings. The summed E-state index contributed by atoms with van der Waals surface area (Å²) in [5, 5.41) is 0. The highest BCUT2D eigenvalue weighted by molar-refractivity contribution is 4.81. The van der Waals surface area contributed by atoms with Crippen molar-refractivity contribution in [2.75, 3.05) is 13.1 Å². The summed E-state index contributed by atoms with van der Waals surface area (Å²) in [6.07, 6.45) is 0.798. The molecule has 1 aliphatic heterocycles. The van der Waals surface area contributed by atoms with E-state index < -0.39 is 0 Å². The first-order valence-electron chi connectivity index (χ1n) is 6.51. The molecule has 1 fully saturated rings. The fourth-order valence-electron chi connectivity index (χ4n) is 1.83. The molecule has 0 aromatic rings. The molecule has 1 rings (SSSR count). The summed E-state index contributed by atoms with van der Waals surface area (Å²) < 4.78 is 16.3. The van der Waals surface area contributed by atoms with Gasteiger partial charge in [-0.3, -0.25) is 0 Å². The summed E-state index contributed by atoms with van der Waals surface area (Å²) in [7, 11) is 0. The molecule has 1 heterocycles. The van der Waals surface area contributed by atoms with Crippen molar-refractivity contribution in [2.24, 2.45) is 11.3 Å². The van der Waals surface area contributed by atoms with Gasteiger partial charge < -0.3 is 4.90 Å². The third-order valence-electron chi connectivity index (χ3n) is 2.98. The quantitative estimate of drug-likeness (QED) is 0.606. The Kier molecular flexibility index (Phi) is 2.55. The zero-order chi connectivity index (χ0) is 11.8. The first kappa shape index (κ1) is 8.28. The second-order valence-corrected chi connectivity index (χ2v) is 5.43. The molecule has 0 aromatic heterocycles. The van der Waals surface area contributed by atoms with E-state index in [0.717, 1.165) is 13.0 Å². The van der Waals surface area contributed by atoms with Gasteiger partial charge in [-0.1, -0.05) is 20.8 Å². The number of rotatable bonds is 1. The van der Waals surface area contributed by atoms with Crippen molar-refractivity contribution in [1.82, 2.24) is 4.90 Å². The number of hydrogen-bond acceptors (Lipinski definition) is 1. The minimum absolute atomic E-state index is 0.161. The average molecular weight is 185 g/mol. The molecule has 13 heavy (non-hydrogen) atoms. The Morgan fingerprint density at radius 3 is 2.46 bits per heavy atom. The maximum atomic E-state index is 8.19. The van der Waals surface area contributed by atoms with E-state index in [0.29, 0.717) is 12.0 Å². The van der Waals surface area contributed by atoms with E-state index in [1.807, 2.05) is 0 Å². The predicted octanol–water partition coefficient (Wildman–Crippen LogP) is 3.15. The molecule has 3 unspecified atom stereocenters. The lowest BCUT2D eigenvalue weighted by atomic mass is 9.75. The predicted molar refractivity (Wildman–Crippen MR) is 58.9 cm³/mol. The number of nitrogens with zero attached hydrogens (tertiary/aromatic N) is 1. The number of hydrogen-bond donors (Lipinski definition) is 0. The van der Waals surface area contributed by atoms with Crippen molar-refractivity contribution in [3.05, 3.63) is 0 Å². The minimum atomic E-state index is -0.344. The normalized spacial score (nSPS) is 40.3. The van der Waals surface area contributed by atoms with Crippen LogP contribution < -0.4 is 0 Å². The van der Waals surface area contributed by atoms with Gasteiger partial charge in [-0.2, -0.15) is 0 Å². The lowest BCUT2D eigenvalue weighted by Crippen LogP contribution is -2.41. The van der Waals surface area contributed by atoms with Gasteiger partial charge >= 0.3 is 0 Å². The van der Waals surface area contributed by atoms with Crippen LogP contribution in [0.15, 0.2) is 0 Å². The smallest absolute Gasteiger partial charge is 0.0431 e. The highest BCUT2D eigenvalue weighted by Crippen LogP contribution is 2.34. The summed E-state index contributed by atoms with van der Waals surface area (Å²) in [4.78, 5) is 2.14. The second-order valence-electron chi connectivity index (χ2n) is 5.43. The third-order valence-corrected chi connectivity index (χ3v) is 2.98. The Bertz CT molecular complexity index is 210. The molecule has 3 atom stereocenters. The molecule has 0 spiro atoms. The molecular weight excluding hydrogens is 158 g/mol. The molecule has 0 amide bonds. The molecule has 0 saturated carbocycles. The van der Waals surface area contributed by atoms with Crippen LogP contribution in [0.2, 0.25) is 0 Å². The van der Waals surface area contributed by atoms with Crippen molar-refractivity contribution in [2.45, 2.75) is 53.5 Å². The van der Waals surface area contributed by atoms with Gasteiger partial charge in [0.05, 0.1) is 0 Å². The Labute approximate surface area is 86.3 Å². The fraction of sp³-hybridized carbons (Fsp3) is 1.00. The summed E-state index contributed by atoms with van der Waals surface area (Å²) in [6.45, 7) is 11.4. The molecular formula is C12H25N. The average Bonchev–Trinajstić information content (AvgIpc) is 2.06. The van der Waals surface area contributed by atoms with E-state index in [2.05, 4.69) is 39.5 Å². The van der Waals surface area contributed by atoms with E-state index in [9.17, 15) is 0 Å². The van der Waals surface area contributed by atoms with Crippen molar-refractivity contribution < 1.29 is 2.74 Å². The van der Waals surface area contributed by atoms with Gasteiger partial charge in [0.2, 0.25) is 0 Å². The number of piperidine rings is 1. The maximum Gasteiger partial charge on any atom is 0.0431 e. The van der Waals surface area contributed by atoms with Crippen LogP contribution in [0.4, 0.5) is 0 Å². The lowest BCUT2D eigenvalue weighted by Gasteiger charge is -2.40.